The van der Waals surface area contributed by atoms with Gasteiger partial charge in [0.15, 0.2) is 0 Å². The van der Waals surface area contributed by atoms with Crippen LogP contribution in [0.25, 0.3) is 22.1 Å². The Balaban J connectivity index is 1.83. The summed E-state index contributed by atoms with van der Waals surface area (Å²) in [6, 6.07) is 12.6. The molecule has 43 heavy (non-hydrogen) atoms. The Labute approximate surface area is 253 Å². The fourth-order valence-electron chi connectivity index (χ4n) is 4.32. The second-order valence-corrected chi connectivity index (χ2v) is 10.6. The summed E-state index contributed by atoms with van der Waals surface area (Å²) in [5.41, 5.74) is 4.72. The van der Waals surface area contributed by atoms with Crippen molar-refractivity contribution in [2.75, 3.05) is 13.2 Å². The number of fused-ring (bicyclic) bond motifs is 1. The van der Waals surface area contributed by atoms with Gasteiger partial charge in [-0.15, -0.1) is 0 Å². The van der Waals surface area contributed by atoms with E-state index in [0.717, 1.165) is 47.8 Å². The molecule has 0 saturated heterocycles. The first-order chi connectivity index (χ1) is 20.5. The highest BCUT2D eigenvalue weighted by Gasteiger charge is 2.15. The normalized spacial score (nSPS) is 10.7. The molecule has 3 aromatic rings. The van der Waals surface area contributed by atoms with E-state index in [9.17, 15) is 14.4 Å². The summed E-state index contributed by atoms with van der Waals surface area (Å²) in [7, 11) is 0. The molecule has 1 aromatic heterocycles. The van der Waals surface area contributed by atoms with Gasteiger partial charge in [0, 0.05) is 16.5 Å². The quantitative estimate of drug-likeness (QED) is 0.0322. The number of allylic oxidation sites excluding steroid dienone is 1. The summed E-state index contributed by atoms with van der Waals surface area (Å²) in [6.07, 6.45) is 4.56. The molecule has 0 aliphatic carbocycles. The number of rotatable bonds is 16. The first kappa shape index (κ1) is 32.9. The van der Waals surface area contributed by atoms with Crippen LogP contribution in [0, 0.1) is 0 Å². The highest BCUT2D eigenvalue weighted by atomic mass is 16.5. The SMILES string of the molecule is C=C(C)C(=C)OCCCCc1c(CCCCOC(=O)C(=C)C)ccc2cc(-c3ccc(OC(=O)C(=C)C)cc3)c(=O)oc12. The maximum Gasteiger partial charge on any atom is 0.344 e. The molecule has 0 amide bonds. The van der Waals surface area contributed by atoms with Crippen molar-refractivity contribution < 1.29 is 28.2 Å². The number of esters is 2. The van der Waals surface area contributed by atoms with Gasteiger partial charge in [-0.25, -0.2) is 14.4 Å². The molecule has 2 aromatic carbocycles. The molecule has 226 valence electrons. The molecule has 0 spiro atoms. The van der Waals surface area contributed by atoms with Crippen molar-refractivity contribution in [2.45, 2.75) is 59.3 Å². The van der Waals surface area contributed by atoms with Crippen LogP contribution in [-0.4, -0.2) is 25.2 Å². The van der Waals surface area contributed by atoms with E-state index in [2.05, 4.69) is 32.4 Å². The number of aryl methyl sites for hydroxylation is 2. The van der Waals surface area contributed by atoms with Crippen LogP contribution in [0.2, 0.25) is 0 Å². The second kappa shape index (κ2) is 15.5. The lowest BCUT2D eigenvalue weighted by Crippen LogP contribution is -2.08. The molecule has 0 fully saturated rings. The summed E-state index contributed by atoms with van der Waals surface area (Å²) in [6.45, 7) is 20.8. The zero-order chi connectivity index (χ0) is 31.5. The van der Waals surface area contributed by atoms with E-state index < -0.39 is 11.6 Å². The topological polar surface area (TPSA) is 92.0 Å². The average molecular weight is 585 g/mol. The molecule has 0 unspecified atom stereocenters. The minimum absolute atomic E-state index is 0.297. The molecule has 0 atom stereocenters. The number of benzene rings is 2. The zero-order valence-corrected chi connectivity index (χ0v) is 25.4. The summed E-state index contributed by atoms with van der Waals surface area (Å²) in [5.74, 6) is 0.0438. The van der Waals surface area contributed by atoms with Crippen LogP contribution in [0.5, 0.6) is 5.75 Å². The number of unbranched alkanes of at least 4 members (excludes halogenated alkanes) is 2. The third kappa shape index (κ3) is 9.43. The molecular formula is C36H40O7. The van der Waals surface area contributed by atoms with Gasteiger partial charge in [0.25, 0.3) is 0 Å². The van der Waals surface area contributed by atoms with Crippen molar-refractivity contribution in [3.63, 3.8) is 0 Å². The highest BCUT2D eigenvalue weighted by molar-refractivity contribution is 5.89. The lowest BCUT2D eigenvalue weighted by atomic mass is 9.94. The molecular weight excluding hydrogens is 544 g/mol. The molecule has 7 nitrogen and oxygen atoms in total. The van der Waals surface area contributed by atoms with E-state index in [4.69, 9.17) is 18.6 Å². The monoisotopic (exact) mass is 584 g/mol. The molecule has 0 bridgehead atoms. The van der Waals surface area contributed by atoms with Gasteiger partial charge >= 0.3 is 17.6 Å². The average Bonchev–Trinajstić information content (AvgIpc) is 2.97. The number of ether oxygens (including phenoxy) is 3. The molecule has 0 aliphatic rings. The molecule has 0 saturated carbocycles. The van der Waals surface area contributed by atoms with E-state index in [0.29, 0.717) is 65.4 Å². The van der Waals surface area contributed by atoms with Crippen LogP contribution in [-0.2, 0) is 31.9 Å². The Bertz CT molecular complexity index is 1590. The third-order valence-corrected chi connectivity index (χ3v) is 6.82. The molecule has 3 rings (SSSR count). The first-order valence-corrected chi connectivity index (χ1v) is 14.3. The summed E-state index contributed by atoms with van der Waals surface area (Å²) in [4.78, 5) is 36.7. The van der Waals surface area contributed by atoms with Gasteiger partial charge in [-0.05, 0) is 99.8 Å². The van der Waals surface area contributed by atoms with Gasteiger partial charge < -0.3 is 18.6 Å². The number of hydrogen-bond acceptors (Lipinski definition) is 7. The van der Waals surface area contributed by atoms with E-state index in [1.807, 2.05) is 19.1 Å². The Kier molecular flexibility index (Phi) is 11.9. The van der Waals surface area contributed by atoms with E-state index >= 15 is 0 Å². The molecule has 0 N–H and O–H groups in total. The van der Waals surface area contributed by atoms with E-state index in [1.165, 1.54) is 0 Å². The Hall–Kier alpha value is -4.65. The highest BCUT2D eigenvalue weighted by Crippen LogP contribution is 2.29. The van der Waals surface area contributed by atoms with Crippen LogP contribution >= 0.6 is 0 Å². The lowest BCUT2D eigenvalue weighted by molar-refractivity contribution is -0.139. The van der Waals surface area contributed by atoms with Gasteiger partial charge in [0.2, 0.25) is 0 Å². The molecule has 0 radical (unpaired) electrons. The van der Waals surface area contributed by atoms with Gasteiger partial charge in [-0.2, -0.15) is 0 Å². The van der Waals surface area contributed by atoms with Crippen molar-refractivity contribution in [1.29, 1.82) is 0 Å². The summed E-state index contributed by atoms with van der Waals surface area (Å²) < 4.78 is 22.1. The molecule has 1 heterocycles. The van der Waals surface area contributed by atoms with Crippen LogP contribution < -0.4 is 10.4 Å². The van der Waals surface area contributed by atoms with Crippen molar-refractivity contribution in [1.82, 2.24) is 0 Å². The number of carbonyl (C=O) groups excluding carboxylic acids is 2. The van der Waals surface area contributed by atoms with E-state index in [1.54, 1.807) is 38.1 Å². The predicted octanol–water partition coefficient (Wildman–Crippen LogP) is 7.81. The summed E-state index contributed by atoms with van der Waals surface area (Å²) in [5, 5.41) is 0.813. The minimum Gasteiger partial charge on any atom is -0.494 e. The largest absolute Gasteiger partial charge is 0.494 e. The lowest BCUT2D eigenvalue weighted by Gasteiger charge is -2.14. The predicted molar refractivity (Wildman–Crippen MR) is 170 cm³/mol. The minimum atomic E-state index is -0.513. The summed E-state index contributed by atoms with van der Waals surface area (Å²) >= 11 is 0. The Morgan fingerprint density at radius 2 is 1.37 bits per heavy atom. The standard InChI is InChI=1S/C36H40O7/c1-23(2)26(7)40-20-11-9-13-31-27(12-8-10-21-41-34(37)24(3)4)14-15-29-22-32(36(39)43-33(29)31)28-16-18-30(19-17-28)42-35(38)25(5)6/h14-19,22H,1,3,5,7-13,20-21H2,2,4,6H3. The number of hydrogen-bond donors (Lipinski definition) is 0. The van der Waals surface area contributed by atoms with Crippen molar-refractivity contribution >= 4 is 22.9 Å². The molecule has 7 heteroatoms. The third-order valence-electron chi connectivity index (χ3n) is 6.82. The fraction of sp³-hybridized carbons (Fsp3) is 0.306. The van der Waals surface area contributed by atoms with Gasteiger partial charge in [0.1, 0.15) is 17.1 Å². The van der Waals surface area contributed by atoms with Crippen molar-refractivity contribution in [3.8, 4) is 16.9 Å². The van der Waals surface area contributed by atoms with Crippen LogP contribution in [0.15, 0.2) is 100 Å². The number of carbonyl (C=O) groups is 2. The van der Waals surface area contributed by atoms with Crippen molar-refractivity contribution in [2.24, 2.45) is 0 Å². The smallest absolute Gasteiger partial charge is 0.344 e. The van der Waals surface area contributed by atoms with Gasteiger partial charge in [-0.1, -0.05) is 50.6 Å². The Morgan fingerprint density at radius 1 is 0.744 bits per heavy atom. The van der Waals surface area contributed by atoms with Gasteiger partial charge in [0.05, 0.1) is 18.8 Å². The van der Waals surface area contributed by atoms with E-state index in [-0.39, 0.29) is 5.97 Å². The van der Waals surface area contributed by atoms with Crippen LogP contribution in [0.3, 0.4) is 0 Å². The van der Waals surface area contributed by atoms with Crippen LogP contribution in [0.1, 0.15) is 57.6 Å². The first-order valence-electron chi connectivity index (χ1n) is 14.3. The van der Waals surface area contributed by atoms with Gasteiger partial charge in [-0.3, -0.25) is 0 Å². The molecule has 0 aliphatic heterocycles. The maximum atomic E-state index is 13.2. The second-order valence-electron chi connectivity index (χ2n) is 10.6. The Morgan fingerprint density at radius 3 is 2.00 bits per heavy atom. The maximum absolute atomic E-state index is 13.2. The zero-order valence-electron chi connectivity index (χ0n) is 25.4. The fourth-order valence-corrected chi connectivity index (χ4v) is 4.32. The van der Waals surface area contributed by atoms with Crippen molar-refractivity contribution in [3.05, 3.63) is 113 Å². The van der Waals surface area contributed by atoms with Crippen LogP contribution in [0.4, 0.5) is 0 Å².